The van der Waals surface area contributed by atoms with Crippen LogP contribution in [0.5, 0.6) is 0 Å². The van der Waals surface area contributed by atoms with Crippen molar-refractivity contribution in [2.24, 2.45) is 5.73 Å². The smallest absolute Gasteiger partial charge is 0.325 e. The summed E-state index contributed by atoms with van der Waals surface area (Å²) >= 11 is 5.50. The summed E-state index contributed by atoms with van der Waals surface area (Å²) in [5, 5.41) is -0.286. The summed E-state index contributed by atoms with van der Waals surface area (Å²) in [4.78, 5) is 0. The fourth-order valence-electron chi connectivity index (χ4n) is 1.43. The Balaban J connectivity index is 3.09. The van der Waals surface area contributed by atoms with Crippen molar-refractivity contribution in [3.63, 3.8) is 0 Å². The zero-order valence-corrected chi connectivity index (χ0v) is 9.78. The molecule has 1 rings (SSSR count). The Morgan fingerprint density at radius 1 is 1.25 bits per heavy atom. The molecule has 90 valence electrons. The minimum absolute atomic E-state index is 0.286. The van der Waals surface area contributed by atoms with Crippen LogP contribution in [-0.4, -0.2) is 5.54 Å². The summed E-state index contributed by atoms with van der Waals surface area (Å²) in [5.74, 6) is 0. The van der Waals surface area contributed by atoms with Crippen molar-refractivity contribution in [2.75, 3.05) is 0 Å². The first-order chi connectivity index (χ1) is 7.09. The van der Waals surface area contributed by atoms with E-state index < -0.39 is 17.3 Å². The molecule has 0 spiro atoms. The Morgan fingerprint density at radius 3 is 2.25 bits per heavy atom. The van der Waals surface area contributed by atoms with Crippen molar-refractivity contribution >= 4 is 11.6 Å². The standard InChI is InChI=1S/C11H13ClF3N/c1-10(2,16)6-7-3-4-9(12)8(5-7)11(13,14)15/h3-5H,6,16H2,1-2H3. The Labute approximate surface area is 97.4 Å². The third kappa shape index (κ3) is 3.68. The minimum Gasteiger partial charge on any atom is -0.325 e. The van der Waals surface area contributed by atoms with Gasteiger partial charge in [0.05, 0.1) is 10.6 Å². The van der Waals surface area contributed by atoms with E-state index in [0.29, 0.717) is 12.0 Å². The molecule has 0 aliphatic heterocycles. The molecular weight excluding hydrogens is 239 g/mol. The number of halogens is 4. The summed E-state index contributed by atoms with van der Waals surface area (Å²) in [6.07, 6.45) is -4.06. The molecule has 0 fully saturated rings. The van der Waals surface area contributed by atoms with Crippen molar-refractivity contribution in [1.29, 1.82) is 0 Å². The maximum absolute atomic E-state index is 12.5. The number of rotatable bonds is 2. The molecule has 0 saturated heterocycles. The van der Waals surface area contributed by atoms with E-state index in [1.165, 1.54) is 6.07 Å². The Morgan fingerprint density at radius 2 is 1.81 bits per heavy atom. The molecule has 1 nitrogen and oxygen atoms in total. The van der Waals surface area contributed by atoms with Gasteiger partial charge in [0.25, 0.3) is 0 Å². The zero-order chi connectivity index (χ0) is 12.6. The lowest BCUT2D eigenvalue weighted by molar-refractivity contribution is -0.137. The van der Waals surface area contributed by atoms with Crippen LogP contribution in [-0.2, 0) is 12.6 Å². The van der Waals surface area contributed by atoms with Gasteiger partial charge in [-0.15, -0.1) is 0 Å². The summed E-state index contributed by atoms with van der Waals surface area (Å²) in [6.45, 7) is 3.52. The van der Waals surface area contributed by atoms with Gasteiger partial charge in [-0.2, -0.15) is 13.2 Å². The van der Waals surface area contributed by atoms with Crippen LogP contribution in [0.4, 0.5) is 13.2 Å². The second-order valence-electron chi connectivity index (χ2n) is 4.48. The van der Waals surface area contributed by atoms with Crippen LogP contribution in [0.2, 0.25) is 5.02 Å². The average molecular weight is 252 g/mol. The molecule has 0 bridgehead atoms. The fraction of sp³-hybridized carbons (Fsp3) is 0.455. The number of benzene rings is 1. The molecule has 0 aliphatic carbocycles. The predicted octanol–water partition coefficient (Wildman–Crippen LogP) is 3.64. The lowest BCUT2D eigenvalue weighted by Gasteiger charge is -2.19. The monoisotopic (exact) mass is 251 g/mol. The van der Waals surface area contributed by atoms with E-state index in [1.54, 1.807) is 19.9 Å². The Kier molecular flexibility index (Phi) is 3.55. The molecule has 0 saturated carbocycles. The van der Waals surface area contributed by atoms with E-state index in [9.17, 15) is 13.2 Å². The molecule has 5 heteroatoms. The summed E-state index contributed by atoms with van der Waals surface area (Å²) in [6, 6.07) is 3.87. The van der Waals surface area contributed by atoms with Crippen molar-refractivity contribution in [3.8, 4) is 0 Å². The van der Waals surface area contributed by atoms with Gasteiger partial charge in [0.1, 0.15) is 0 Å². The average Bonchev–Trinajstić information content (AvgIpc) is 2.04. The highest BCUT2D eigenvalue weighted by Crippen LogP contribution is 2.35. The summed E-state index contributed by atoms with van der Waals surface area (Å²) in [7, 11) is 0. The Hall–Kier alpha value is -0.740. The van der Waals surface area contributed by atoms with Crippen LogP contribution in [0.25, 0.3) is 0 Å². The molecule has 0 amide bonds. The molecule has 0 heterocycles. The van der Waals surface area contributed by atoms with Gasteiger partial charge in [-0.1, -0.05) is 17.7 Å². The molecule has 2 N–H and O–H groups in total. The van der Waals surface area contributed by atoms with Gasteiger partial charge < -0.3 is 5.73 Å². The predicted molar refractivity (Wildman–Crippen MR) is 58.4 cm³/mol. The molecule has 16 heavy (non-hydrogen) atoms. The quantitative estimate of drug-likeness (QED) is 0.853. The van der Waals surface area contributed by atoms with Crippen LogP contribution in [0, 0.1) is 0 Å². The van der Waals surface area contributed by atoms with Crippen LogP contribution < -0.4 is 5.73 Å². The first-order valence-corrected chi connectivity index (χ1v) is 5.12. The van der Waals surface area contributed by atoms with E-state index in [2.05, 4.69) is 0 Å². The second kappa shape index (κ2) is 4.26. The minimum atomic E-state index is -4.42. The number of alkyl halides is 3. The summed E-state index contributed by atoms with van der Waals surface area (Å²) in [5.41, 5.74) is 4.93. The van der Waals surface area contributed by atoms with Crippen LogP contribution >= 0.6 is 11.6 Å². The van der Waals surface area contributed by atoms with Crippen molar-refractivity contribution < 1.29 is 13.2 Å². The van der Waals surface area contributed by atoms with E-state index >= 15 is 0 Å². The third-order valence-corrected chi connectivity index (χ3v) is 2.33. The highest BCUT2D eigenvalue weighted by atomic mass is 35.5. The lowest BCUT2D eigenvalue weighted by atomic mass is 9.95. The van der Waals surface area contributed by atoms with E-state index in [1.807, 2.05) is 0 Å². The van der Waals surface area contributed by atoms with Crippen LogP contribution in [0.15, 0.2) is 18.2 Å². The maximum atomic E-state index is 12.5. The maximum Gasteiger partial charge on any atom is 0.417 e. The SMILES string of the molecule is CC(C)(N)Cc1ccc(Cl)c(C(F)(F)F)c1. The normalized spacial score (nSPS) is 12.9. The van der Waals surface area contributed by atoms with Crippen LogP contribution in [0.1, 0.15) is 25.0 Å². The fourth-order valence-corrected chi connectivity index (χ4v) is 1.65. The van der Waals surface area contributed by atoms with Gasteiger partial charge in [0.15, 0.2) is 0 Å². The highest BCUT2D eigenvalue weighted by molar-refractivity contribution is 6.31. The van der Waals surface area contributed by atoms with Gasteiger partial charge in [0.2, 0.25) is 0 Å². The molecule has 1 aromatic rings. The third-order valence-electron chi connectivity index (χ3n) is 2.00. The topological polar surface area (TPSA) is 26.0 Å². The van der Waals surface area contributed by atoms with Crippen molar-refractivity contribution in [2.45, 2.75) is 32.0 Å². The first kappa shape index (κ1) is 13.3. The molecule has 1 aromatic carbocycles. The molecule has 0 aromatic heterocycles. The largest absolute Gasteiger partial charge is 0.417 e. The van der Waals surface area contributed by atoms with Crippen molar-refractivity contribution in [3.05, 3.63) is 34.3 Å². The van der Waals surface area contributed by atoms with Gasteiger partial charge >= 0.3 is 6.18 Å². The van der Waals surface area contributed by atoms with E-state index in [0.717, 1.165) is 6.07 Å². The zero-order valence-electron chi connectivity index (χ0n) is 9.03. The van der Waals surface area contributed by atoms with E-state index in [4.69, 9.17) is 17.3 Å². The number of nitrogens with two attached hydrogens (primary N) is 1. The van der Waals surface area contributed by atoms with Crippen LogP contribution in [0.3, 0.4) is 0 Å². The van der Waals surface area contributed by atoms with Gasteiger partial charge in [-0.05, 0) is 38.0 Å². The molecular formula is C11H13ClF3N. The Bertz CT molecular complexity index is 380. The second-order valence-corrected chi connectivity index (χ2v) is 4.88. The molecule has 0 atom stereocenters. The van der Waals surface area contributed by atoms with Gasteiger partial charge in [-0.25, -0.2) is 0 Å². The number of hydrogen-bond donors (Lipinski definition) is 1. The molecule has 0 unspecified atom stereocenters. The molecule has 0 radical (unpaired) electrons. The van der Waals surface area contributed by atoms with Gasteiger partial charge in [-0.3, -0.25) is 0 Å². The van der Waals surface area contributed by atoms with E-state index in [-0.39, 0.29) is 5.02 Å². The van der Waals surface area contributed by atoms with Crippen molar-refractivity contribution in [1.82, 2.24) is 0 Å². The molecule has 0 aliphatic rings. The highest BCUT2D eigenvalue weighted by Gasteiger charge is 2.33. The first-order valence-electron chi connectivity index (χ1n) is 4.74. The number of hydrogen-bond acceptors (Lipinski definition) is 1. The lowest BCUT2D eigenvalue weighted by Crippen LogP contribution is -2.34. The summed E-state index contributed by atoms with van der Waals surface area (Å²) < 4.78 is 37.6. The van der Waals surface area contributed by atoms with Gasteiger partial charge in [0, 0.05) is 5.54 Å².